The van der Waals surface area contributed by atoms with Crippen LogP contribution in [0.5, 0.6) is 0 Å². The predicted molar refractivity (Wildman–Crippen MR) is 90.8 cm³/mol. The van der Waals surface area contributed by atoms with Crippen molar-refractivity contribution in [2.24, 2.45) is 0 Å². The van der Waals surface area contributed by atoms with E-state index in [4.69, 9.17) is 0 Å². The van der Waals surface area contributed by atoms with Gasteiger partial charge in [0.2, 0.25) is 0 Å². The highest BCUT2D eigenvalue weighted by Crippen LogP contribution is 2.23. The Kier molecular flexibility index (Phi) is 4.27. The Morgan fingerprint density at radius 3 is 2.32 bits per heavy atom. The summed E-state index contributed by atoms with van der Waals surface area (Å²) in [4.78, 5) is 1.47. The highest BCUT2D eigenvalue weighted by atomic mass is 32.2. The molecule has 2 aromatic carbocycles. The smallest absolute Gasteiger partial charge is 0.262 e. The van der Waals surface area contributed by atoms with E-state index in [0.29, 0.717) is 17.0 Å². The van der Waals surface area contributed by atoms with Crippen LogP contribution in [0.4, 0.5) is 5.69 Å². The number of hydrogen-bond acceptors (Lipinski definition) is 3. The second-order valence-electron chi connectivity index (χ2n) is 4.84. The quantitative estimate of drug-likeness (QED) is 0.764. The molecule has 0 aliphatic rings. The Labute approximate surface area is 134 Å². The van der Waals surface area contributed by atoms with Crippen molar-refractivity contribution in [1.82, 2.24) is 0 Å². The highest BCUT2D eigenvalue weighted by molar-refractivity contribution is 7.92. The van der Waals surface area contributed by atoms with Crippen LogP contribution in [0.25, 0.3) is 0 Å². The lowest BCUT2D eigenvalue weighted by atomic mass is 10.1. The molecule has 0 spiro atoms. The van der Waals surface area contributed by atoms with E-state index in [2.05, 4.69) is 4.72 Å². The summed E-state index contributed by atoms with van der Waals surface area (Å²) < 4.78 is 27.9. The van der Waals surface area contributed by atoms with Crippen LogP contribution in [0.2, 0.25) is 0 Å². The minimum Gasteiger partial charge on any atom is -0.280 e. The third kappa shape index (κ3) is 3.37. The first kappa shape index (κ1) is 14.8. The van der Waals surface area contributed by atoms with E-state index in [-0.39, 0.29) is 0 Å². The molecule has 0 saturated heterocycles. The molecule has 1 heterocycles. The largest absolute Gasteiger partial charge is 0.280 e. The lowest BCUT2D eigenvalue weighted by Crippen LogP contribution is -2.15. The van der Waals surface area contributed by atoms with Gasteiger partial charge in [-0.05, 0) is 35.2 Å². The summed E-state index contributed by atoms with van der Waals surface area (Å²) in [6.45, 7) is 0. The van der Waals surface area contributed by atoms with Gasteiger partial charge < -0.3 is 0 Å². The molecule has 1 N–H and O–H groups in total. The number of anilines is 1. The molecule has 112 valence electrons. The van der Waals surface area contributed by atoms with E-state index in [1.807, 2.05) is 35.7 Å². The molecule has 0 unspecified atom stereocenters. The molecule has 3 nitrogen and oxygen atoms in total. The van der Waals surface area contributed by atoms with Gasteiger partial charge in [0, 0.05) is 17.0 Å². The summed E-state index contributed by atoms with van der Waals surface area (Å²) in [5.74, 6) is 0. The van der Waals surface area contributed by atoms with Gasteiger partial charge in [0.1, 0.15) is 0 Å². The average molecular weight is 329 g/mol. The second-order valence-corrected chi connectivity index (χ2v) is 7.52. The average Bonchev–Trinajstić information content (AvgIpc) is 3.01. The summed E-state index contributed by atoms with van der Waals surface area (Å²) in [5, 5.41) is 1.99. The van der Waals surface area contributed by atoms with Crippen molar-refractivity contribution in [2.75, 3.05) is 4.72 Å². The standard InChI is InChI=1S/C17H15NO2S2/c19-22(20,18-15-8-2-1-3-9-15)17-11-5-4-7-14(17)13-16-10-6-12-21-16/h1-12,18H,13H2. The summed E-state index contributed by atoms with van der Waals surface area (Å²) in [6.07, 6.45) is 0.615. The van der Waals surface area contributed by atoms with Gasteiger partial charge in [-0.25, -0.2) is 8.42 Å². The minimum absolute atomic E-state index is 0.326. The second kappa shape index (κ2) is 6.34. The molecule has 1 aromatic heterocycles. The molecule has 0 saturated carbocycles. The molecule has 3 rings (SSSR count). The molecule has 0 fully saturated rings. The molecule has 0 aliphatic carbocycles. The third-order valence-corrected chi connectivity index (χ3v) is 5.59. The maximum Gasteiger partial charge on any atom is 0.262 e. The number of benzene rings is 2. The van der Waals surface area contributed by atoms with Crippen molar-refractivity contribution >= 4 is 27.0 Å². The maximum absolute atomic E-state index is 12.6. The van der Waals surface area contributed by atoms with Crippen molar-refractivity contribution in [1.29, 1.82) is 0 Å². The molecule has 5 heteroatoms. The first-order valence-electron chi connectivity index (χ1n) is 6.83. The molecule has 0 aliphatic heterocycles. The van der Waals surface area contributed by atoms with Gasteiger partial charge in [-0.1, -0.05) is 42.5 Å². The Morgan fingerprint density at radius 2 is 1.59 bits per heavy atom. The van der Waals surface area contributed by atoms with Crippen LogP contribution in [0.15, 0.2) is 77.0 Å². The number of sulfonamides is 1. The van der Waals surface area contributed by atoms with E-state index < -0.39 is 10.0 Å². The Balaban J connectivity index is 1.93. The van der Waals surface area contributed by atoms with Crippen molar-refractivity contribution < 1.29 is 8.42 Å². The van der Waals surface area contributed by atoms with Crippen LogP contribution >= 0.6 is 11.3 Å². The van der Waals surface area contributed by atoms with E-state index in [9.17, 15) is 8.42 Å². The number of nitrogens with one attached hydrogen (secondary N) is 1. The van der Waals surface area contributed by atoms with Gasteiger partial charge in [0.05, 0.1) is 4.90 Å². The summed E-state index contributed by atoms with van der Waals surface area (Å²) in [5.41, 5.74) is 1.36. The molecule has 0 radical (unpaired) electrons. The molecule has 0 atom stereocenters. The zero-order valence-electron chi connectivity index (χ0n) is 11.8. The van der Waals surface area contributed by atoms with Crippen molar-refractivity contribution in [3.63, 3.8) is 0 Å². The van der Waals surface area contributed by atoms with Crippen LogP contribution in [0, 0.1) is 0 Å². The van der Waals surface area contributed by atoms with Gasteiger partial charge in [-0.2, -0.15) is 0 Å². The monoisotopic (exact) mass is 329 g/mol. The predicted octanol–water partition coefficient (Wildman–Crippen LogP) is 4.14. The normalized spacial score (nSPS) is 11.3. The Bertz CT molecular complexity index is 841. The molecular formula is C17H15NO2S2. The maximum atomic E-state index is 12.6. The lowest BCUT2D eigenvalue weighted by molar-refractivity contribution is 0.600. The molecular weight excluding hydrogens is 314 g/mol. The summed E-state index contributed by atoms with van der Waals surface area (Å²) >= 11 is 1.63. The topological polar surface area (TPSA) is 46.2 Å². The summed E-state index contributed by atoms with van der Waals surface area (Å²) in [6, 6.07) is 20.0. The molecule has 0 bridgehead atoms. The first-order valence-corrected chi connectivity index (χ1v) is 9.19. The Hall–Kier alpha value is -2.11. The lowest BCUT2D eigenvalue weighted by Gasteiger charge is -2.12. The number of thiophene rings is 1. The van der Waals surface area contributed by atoms with E-state index in [1.165, 1.54) is 0 Å². The van der Waals surface area contributed by atoms with Gasteiger partial charge >= 0.3 is 0 Å². The molecule has 3 aromatic rings. The third-order valence-electron chi connectivity index (χ3n) is 3.23. The Morgan fingerprint density at radius 1 is 0.864 bits per heavy atom. The van der Waals surface area contributed by atoms with Crippen LogP contribution in [-0.2, 0) is 16.4 Å². The van der Waals surface area contributed by atoms with Gasteiger partial charge in [0.15, 0.2) is 0 Å². The first-order chi connectivity index (χ1) is 10.6. The fraction of sp³-hybridized carbons (Fsp3) is 0.0588. The SMILES string of the molecule is O=S(=O)(Nc1ccccc1)c1ccccc1Cc1cccs1. The number of para-hydroxylation sites is 1. The van der Waals surface area contributed by atoms with Crippen LogP contribution in [0.1, 0.15) is 10.4 Å². The van der Waals surface area contributed by atoms with Gasteiger partial charge in [-0.3, -0.25) is 4.72 Å². The summed E-state index contributed by atoms with van der Waals surface area (Å²) in [7, 11) is -3.59. The van der Waals surface area contributed by atoms with Gasteiger partial charge in [0.25, 0.3) is 10.0 Å². The zero-order chi connectivity index (χ0) is 15.4. The van der Waals surface area contributed by atoms with Gasteiger partial charge in [-0.15, -0.1) is 11.3 Å². The number of hydrogen-bond donors (Lipinski definition) is 1. The fourth-order valence-corrected chi connectivity index (χ4v) is 4.26. The van der Waals surface area contributed by atoms with Crippen LogP contribution < -0.4 is 4.72 Å². The minimum atomic E-state index is -3.59. The van der Waals surface area contributed by atoms with Crippen molar-refractivity contribution in [3.8, 4) is 0 Å². The van der Waals surface area contributed by atoms with Crippen molar-refractivity contribution in [2.45, 2.75) is 11.3 Å². The van der Waals surface area contributed by atoms with E-state index in [1.54, 1.807) is 47.7 Å². The van der Waals surface area contributed by atoms with E-state index >= 15 is 0 Å². The van der Waals surface area contributed by atoms with E-state index in [0.717, 1.165) is 10.4 Å². The molecule has 22 heavy (non-hydrogen) atoms. The zero-order valence-corrected chi connectivity index (χ0v) is 13.4. The highest BCUT2D eigenvalue weighted by Gasteiger charge is 2.18. The van der Waals surface area contributed by atoms with Crippen molar-refractivity contribution in [3.05, 3.63) is 82.6 Å². The fourth-order valence-electron chi connectivity index (χ4n) is 2.23. The molecule has 0 amide bonds. The number of rotatable bonds is 5. The van der Waals surface area contributed by atoms with Crippen LogP contribution in [0.3, 0.4) is 0 Å². The van der Waals surface area contributed by atoms with Crippen LogP contribution in [-0.4, -0.2) is 8.42 Å².